The molecule has 1 aromatic carbocycles. The molecule has 0 aromatic heterocycles. The fraction of sp³-hybridized carbons (Fsp3) is 0.455. The summed E-state index contributed by atoms with van der Waals surface area (Å²) in [7, 11) is -4.33. The van der Waals surface area contributed by atoms with Gasteiger partial charge in [0.25, 0.3) is 0 Å². The van der Waals surface area contributed by atoms with Crippen LogP contribution in [0.1, 0.15) is 12.8 Å². The molecule has 0 saturated heterocycles. The van der Waals surface area contributed by atoms with Crippen molar-refractivity contribution in [1.82, 2.24) is 4.72 Å². The maximum absolute atomic E-state index is 13.4. The number of halogens is 3. The summed E-state index contributed by atoms with van der Waals surface area (Å²) >= 11 is 0. The molecule has 1 aromatic rings. The fourth-order valence-electron chi connectivity index (χ4n) is 2.04. The number of sulfonamides is 1. The molecule has 0 heterocycles. The van der Waals surface area contributed by atoms with Crippen molar-refractivity contribution in [2.75, 3.05) is 6.54 Å². The van der Waals surface area contributed by atoms with E-state index in [1.807, 2.05) is 0 Å². The van der Waals surface area contributed by atoms with E-state index in [2.05, 4.69) is 4.72 Å². The molecule has 1 fully saturated rings. The first kappa shape index (κ1) is 14.3. The van der Waals surface area contributed by atoms with Crippen molar-refractivity contribution in [3.63, 3.8) is 0 Å². The third kappa shape index (κ3) is 3.07. The minimum absolute atomic E-state index is 0.0498. The Morgan fingerprint density at radius 1 is 1.21 bits per heavy atom. The topological polar surface area (TPSA) is 72.2 Å². The van der Waals surface area contributed by atoms with E-state index in [1.54, 1.807) is 0 Å². The molecule has 4 nitrogen and oxygen atoms in total. The van der Waals surface area contributed by atoms with Gasteiger partial charge in [-0.25, -0.2) is 26.3 Å². The van der Waals surface area contributed by atoms with E-state index < -0.39 is 32.4 Å². The standard InChI is InChI=1S/C11H13F3N2O2S/c12-7-3-9(13)11(10(14)4-7)19(17,18)16-5-6-1-8(15)2-6/h3-4,6,8,16H,1-2,5,15H2. The SMILES string of the molecule is NC1CC(CNS(=O)(=O)c2c(F)cc(F)cc2F)C1. The van der Waals surface area contributed by atoms with Crippen molar-refractivity contribution in [2.24, 2.45) is 11.7 Å². The van der Waals surface area contributed by atoms with Crippen molar-refractivity contribution in [1.29, 1.82) is 0 Å². The Kier molecular flexibility index (Phi) is 3.84. The van der Waals surface area contributed by atoms with Crippen LogP contribution in [0.15, 0.2) is 17.0 Å². The molecule has 8 heteroatoms. The van der Waals surface area contributed by atoms with Crippen LogP contribution < -0.4 is 10.5 Å². The zero-order valence-electron chi connectivity index (χ0n) is 9.87. The third-order valence-corrected chi connectivity index (χ3v) is 4.54. The zero-order chi connectivity index (χ0) is 14.2. The van der Waals surface area contributed by atoms with E-state index in [4.69, 9.17) is 5.73 Å². The number of benzene rings is 1. The molecular weight excluding hydrogens is 281 g/mol. The summed E-state index contributed by atoms with van der Waals surface area (Å²) in [4.78, 5) is -1.16. The number of rotatable bonds is 4. The van der Waals surface area contributed by atoms with Gasteiger partial charge < -0.3 is 5.73 Å². The van der Waals surface area contributed by atoms with Gasteiger partial charge in [0, 0.05) is 24.7 Å². The second-order valence-electron chi connectivity index (χ2n) is 4.65. The molecule has 0 atom stereocenters. The molecule has 2 rings (SSSR count). The highest BCUT2D eigenvalue weighted by Crippen LogP contribution is 2.26. The molecule has 1 aliphatic rings. The van der Waals surface area contributed by atoms with Gasteiger partial charge in [-0.2, -0.15) is 0 Å². The molecule has 0 aliphatic heterocycles. The van der Waals surface area contributed by atoms with Crippen LogP contribution >= 0.6 is 0 Å². The van der Waals surface area contributed by atoms with Gasteiger partial charge in [-0.15, -0.1) is 0 Å². The van der Waals surface area contributed by atoms with Crippen molar-refractivity contribution >= 4 is 10.0 Å². The summed E-state index contributed by atoms with van der Waals surface area (Å²) in [6.45, 7) is 0.0618. The van der Waals surface area contributed by atoms with E-state index in [9.17, 15) is 21.6 Å². The van der Waals surface area contributed by atoms with Gasteiger partial charge in [0.05, 0.1) is 0 Å². The third-order valence-electron chi connectivity index (χ3n) is 3.07. The Labute approximate surface area is 108 Å². The van der Waals surface area contributed by atoms with E-state index in [0.29, 0.717) is 25.0 Å². The second kappa shape index (κ2) is 5.10. The number of hydrogen-bond donors (Lipinski definition) is 2. The molecular formula is C11H13F3N2O2S. The van der Waals surface area contributed by atoms with E-state index in [0.717, 1.165) is 0 Å². The second-order valence-corrected chi connectivity index (χ2v) is 6.35. The van der Waals surface area contributed by atoms with Gasteiger partial charge in [0.1, 0.15) is 17.5 Å². The Bertz CT molecular complexity index is 563. The van der Waals surface area contributed by atoms with Gasteiger partial charge in [-0.05, 0) is 18.8 Å². The highest BCUT2D eigenvalue weighted by atomic mass is 32.2. The highest BCUT2D eigenvalue weighted by Gasteiger charge is 2.30. The molecule has 0 radical (unpaired) electrons. The first-order valence-electron chi connectivity index (χ1n) is 5.69. The maximum Gasteiger partial charge on any atom is 0.246 e. The van der Waals surface area contributed by atoms with E-state index in [1.165, 1.54) is 0 Å². The summed E-state index contributed by atoms with van der Waals surface area (Å²) in [5.74, 6) is -4.00. The minimum Gasteiger partial charge on any atom is -0.328 e. The van der Waals surface area contributed by atoms with Crippen LogP contribution in [0, 0.1) is 23.4 Å². The predicted octanol–water partition coefficient (Wildman–Crippen LogP) is 1.12. The van der Waals surface area contributed by atoms with Gasteiger partial charge in [0.2, 0.25) is 10.0 Å². The van der Waals surface area contributed by atoms with Crippen LogP contribution in [-0.4, -0.2) is 21.0 Å². The average Bonchev–Trinajstić information content (AvgIpc) is 2.20. The smallest absolute Gasteiger partial charge is 0.246 e. The Morgan fingerprint density at radius 2 is 1.74 bits per heavy atom. The molecule has 1 saturated carbocycles. The largest absolute Gasteiger partial charge is 0.328 e. The van der Waals surface area contributed by atoms with Crippen LogP contribution in [0.5, 0.6) is 0 Å². The molecule has 0 spiro atoms. The lowest BCUT2D eigenvalue weighted by atomic mass is 9.81. The number of nitrogens with one attached hydrogen (secondary N) is 1. The van der Waals surface area contributed by atoms with Gasteiger partial charge >= 0.3 is 0 Å². The normalized spacial score (nSPS) is 23.2. The van der Waals surface area contributed by atoms with Crippen molar-refractivity contribution in [3.05, 3.63) is 29.6 Å². The summed E-state index contributed by atoms with van der Waals surface area (Å²) < 4.78 is 65.1. The molecule has 0 amide bonds. The average molecular weight is 294 g/mol. The van der Waals surface area contributed by atoms with Gasteiger partial charge in [0.15, 0.2) is 4.90 Å². The van der Waals surface area contributed by atoms with Crippen molar-refractivity contribution in [3.8, 4) is 0 Å². The zero-order valence-corrected chi connectivity index (χ0v) is 10.7. The molecule has 3 N–H and O–H groups in total. The van der Waals surface area contributed by atoms with Gasteiger partial charge in [-0.3, -0.25) is 0 Å². The first-order valence-corrected chi connectivity index (χ1v) is 7.17. The lowest BCUT2D eigenvalue weighted by Gasteiger charge is -2.32. The highest BCUT2D eigenvalue weighted by molar-refractivity contribution is 7.89. The van der Waals surface area contributed by atoms with Crippen LogP contribution in [0.3, 0.4) is 0 Å². The molecule has 1 aliphatic carbocycles. The molecule has 19 heavy (non-hydrogen) atoms. The molecule has 106 valence electrons. The fourth-order valence-corrected chi connectivity index (χ4v) is 3.27. The first-order chi connectivity index (χ1) is 8.79. The molecule has 0 unspecified atom stereocenters. The summed E-state index contributed by atoms with van der Waals surface area (Å²) in [5, 5.41) is 0. The van der Waals surface area contributed by atoms with Crippen molar-refractivity contribution < 1.29 is 21.6 Å². The maximum atomic E-state index is 13.4. The number of hydrogen-bond acceptors (Lipinski definition) is 3. The van der Waals surface area contributed by atoms with Crippen LogP contribution in [0.2, 0.25) is 0 Å². The Balaban J connectivity index is 2.15. The van der Waals surface area contributed by atoms with Gasteiger partial charge in [-0.1, -0.05) is 0 Å². The number of nitrogens with two attached hydrogens (primary N) is 1. The molecule has 0 bridgehead atoms. The van der Waals surface area contributed by atoms with Crippen LogP contribution in [0.25, 0.3) is 0 Å². The minimum atomic E-state index is -4.33. The van der Waals surface area contributed by atoms with Crippen molar-refractivity contribution in [2.45, 2.75) is 23.8 Å². The summed E-state index contributed by atoms with van der Waals surface area (Å²) in [6.07, 6.45) is 1.33. The van der Waals surface area contributed by atoms with E-state index in [-0.39, 0.29) is 18.5 Å². The lowest BCUT2D eigenvalue weighted by Crippen LogP contribution is -2.42. The van der Waals surface area contributed by atoms with E-state index >= 15 is 0 Å². The van der Waals surface area contributed by atoms with Crippen LogP contribution in [0.4, 0.5) is 13.2 Å². The van der Waals surface area contributed by atoms with Crippen LogP contribution in [-0.2, 0) is 10.0 Å². The monoisotopic (exact) mass is 294 g/mol. The summed E-state index contributed by atoms with van der Waals surface area (Å²) in [6, 6.07) is 0.710. The Morgan fingerprint density at radius 3 is 2.21 bits per heavy atom. The predicted molar refractivity (Wildman–Crippen MR) is 62.2 cm³/mol. The quantitative estimate of drug-likeness (QED) is 0.874. The Hall–Kier alpha value is -1.12. The lowest BCUT2D eigenvalue weighted by molar-refractivity contribution is 0.267. The summed E-state index contributed by atoms with van der Waals surface area (Å²) in [5.41, 5.74) is 5.55.